The maximum atomic E-state index is 13.3. The van der Waals surface area contributed by atoms with Gasteiger partial charge in [0.1, 0.15) is 10.6 Å². The summed E-state index contributed by atoms with van der Waals surface area (Å²) in [7, 11) is -4.07. The van der Waals surface area contributed by atoms with Gasteiger partial charge in [0.15, 0.2) is 10.8 Å². The second-order valence-corrected chi connectivity index (χ2v) is 9.61. The van der Waals surface area contributed by atoms with Gasteiger partial charge in [0, 0.05) is 5.56 Å². The van der Waals surface area contributed by atoms with Gasteiger partial charge in [-0.3, -0.25) is 10.2 Å². The number of para-hydroxylation sites is 1. The average molecular weight is 550 g/mol. The second-order valence-electron chi connectivity index (χ2n) is 7.67. The van der Waals surface area contributed by atoms with Gasteiger partial charge >= 0.3 is 6.36 Å². The van der Waals surface area contributed by atoms with Crippen LogP contribution in [-0.2, 0) is 21.4 Å². The lowest BCUT2D eigenvalue weighted by molar-refractivity contribution is -0.274. The minimum absolute atomic E-state index is 0.0624. The molecule has 0 fully saturated rings. The molecule has 4 rings (SSSR count). The smallest absolute Gasteiger partial charge is 0.406 e. The Hall–Kier alpha value is -4.01. The van der Waals surface area contributed by atoms with E-state index in [0.29, 0.717) is 5.69 Å². The van der Waals surface area contributed by atoms with Gasteiger partial charge in [0.05, 0.1) is 17.9 Å². The zero-order chi connectivity index (χ0) is 26.8. The Bertz CT molecular complexity index is 1500. The van der Waals surface area contributed by atoms with Crippen molar-refractivity contribution in [2.24, 2.45) is 10.2 Å². The van der Waals surface area contributed by atoms with Crippen LogP contribution in [0.1, 0.15) is 11.1 Å². The molecule has 14 heteroatoms. The predicted molar refractivity (Wildman–Crippen MR) is 134 cm³/mol. The Balaban J connectivity index is 1.64. The van der Waals surface area contributed by atoms with Gasteiger partial charge in [-0.1, -0.05) is 42.5 Å². The fourth-order valence-corrected chi connectivity index (χ4v) is 4.45. The third-order valence-electron chi connectivity index (χ3n) is 5.09. The highest BCUT2D eigenvalue weighted by Gasteiger charge is 2.37. The molecule has 0 unspecified atom stereocenters. The molecule has 1 aliphatic rings. The number of benzene rings is 3. The monoisotopic (exact) mass is 549 g/mol. The quantitative estimate of drug-likeness (QED) is 0.318. The molecule has 1 heterocycles. The number of nitrogens with zero attached hydrogens (tertiary/aromatic N) is 2. The Morgan fingerprint density at radius 3 is 2.41 bits per heavy atom. The molecule has 0 atom stereocenters. The minimum atomic E-state index is -4.93. The molecule has 3 aromatic rings. The third-order valence-corrected chi connectivity index (χ3v) is 6.25. The molecule has 0 bridgehead atoms. The van der Waals surface area contributed by atoms with Crippen molar-refractivity contribution < 1.29 is 31.1 Å². The minimum Gasteiger partial charge on any atom is -0.406 e. The first-order chi connectivity index (χ1) is 17.4. The Kier molecular flexibility index (Phi) is 7.16. The van der Waals surface area contributed by atoms with Gasteiger partial charge in [-0.25, -0.2) is 13.6 Å². The summed E-state index contributed by atoms with van der Waals surface area (Å²) in [4.78, 5) is 14.4. The lowest BCUT2D eigenvalue weighted by atomic mass is 10.1. The van der Waals surface area contributed by atoms with E-state index in [4.69, 9.17) is 17.4 Å². The maximum absolute atomic E-state index is 13.3. The summed E-state index contributed by atoms with van der Waals surface area (Å²) in [5.41, 5.74) is 3.47. The molecule has 1 aliphatic heterocycles. The summed E-state index contributed by atoms with van der Waals surface area (Å²) >= 11 is 5.16. The number of hydrazone groups is 1. The number of nitrogens with one attached hydrogen (secondary N) is 2. The summed E-state index contributed by atoms with van der Waals surface area (Å²) in [6.45, 7) is 0.135. The zero-order valence-corrected chi connectivity index (χ0v) is 20.3. The van der Waals surface area contributed by atoms with E-state index in [1.165, 1.54) is 29.2 Å². The maximum Gasteiger partial charge on any atom is 0.573 e. The highest BCUT2D eigenvalue weighted by Crippen LogP contribution is 2.35. The molecule has 0 saturated heterocycles. The zero-order valence-electron chi connectivity index (χ0n) is 18.7. The van der Waals surface area contributed by atoms with Crippen LogP contribution in [0, 0.1) is 0 Å². The van der Waals surface area contributed by atoms with E-state index in [1.54, 1.807) is 30.3 Å². The van der Waals surface area contributed by atoms with E-state index in [1.807, 2.05) is 6.07 Å². The number of thiocarbonyl (C=S) groups is 1. The van der Waals surface area contributed by atoms with Crippen molar-refractivity contribution in [3.05, 3.63) is 83.9 Å². The van der Waals surface area contributed by atoms with Gasteiger partial charge in [-0.15, -0.1) is 13.2 Å². The molecular formula is C23H18F3N5O4S2. The fourth-order valence-electron chi connectivity index (χ4n) is 3.60. The first-order valence-corrected chi connectivity index (χ1v) is 12.4. The van der Waals surface area contributed by atoms with Crippen LogP contribution in [0.15, 0.2) is 82.8 Å². The van der Waals surface area contributed by atoms with Crippen molar-refractivity contribution in [1.29, 1.82) is 0 Å². The summed E-state index contributed by atoms with van der Waals surface area (Å²) in [6.07, 6.45) is -4.93. The number of primary sulfonamides is 1. The first-order valence-electron chi connectivity index (χ1n) is 10.4. The number of hydrogen-bond donors (Lipinski definition) is 3. The average Bonchev–Trinajstić information content (AvgIpc) is 3.07. The number of alkyl halides is 3. The number of halogens is 3. The van der Waals surface area contributed by atoms with Crippen LogP contribution in [-0.4, -0.2) is 31.5 Å². The van der Waals surface area contributed by atoms with Crippen LogP contribution in [0.25, 0.3) is 0 Å². The number of sulfonamides is 1. The molecule has 37 heavy (non-hydrogen) atoms. The van der Waals surface area contributed by atoms with Crippen molar-refractivity contribution >= 4 is 50.3 Å². The van der Waals surface area contributed by atoms with Crippen LogP contribution < -0.4 is 25.5 Å². The summed E-state index contributed by atoms with van der Waals surface area (Å²) in [5, 5.41) is 11.7. The molecule has 0 saturated carbocycles. The van der Waals surface area contributed by atoms with E-state index in [2.05, 4.69) is 20.6 Å². The van der Waals surface area contributed by atoms with E-state index in [9.17, 15) is 26.4 Å². The molecule has 9 nitrogen and oxygen atoms in total. The van der Waals surface area contributed by atoms with Gasteiger partial charge in [-0.2, -0.15) is 5.10 Å². The Labute approximate surface area is 214 Å². The number of rotatable bonds is 6. The summed E-state index contributed by atoms with van der Waals surface area (Å²) < 4.78 is 66.0. The highest BCUT2D eigenvalue weighted by atomic mass is 32.2. The lowest BCUT2D eigenvalue weighted by Gasteiger charge is -2.17. The van der Waals surface area contributed by atoms with Gasteiger partial charge in [0.2, 0.25) is 10.0 Å². The molecule has 1 amide bonds. The lowest BCUT2D eigenvalue weighted by Crippen LogP contribution is -2.32. The van der Waals surface area contributed by atoms with Crippen molar-refractivity contribution in [2.75, 3.05) is 10.2 Å². The van der Waals surface area contributed by atoms with E-state index in [0.717, 1.165) is 17.7 Å². The molecule has 0 spiro atoms. The largest absolute Gasteiger partial charge is 0.573 e. The standard InChI is InChI=1S/C23H18F3N5O4S2/c24-23(25,26)35-15-10-11-18-16(12-15)20(21(32)31(18)13-14-6-2-1-3-7-14)29-30-22(36)28-17-8-4-5-9-19(17)37(27,33)34/h1-12H,13H2,(H2,27,33,34)(H2,28,30,36). The second kappa shape index (κ2) is 10.2. The van der Waals surface area contributed by atoms with Crippen LogP contribution in [0.5, 0.6) is 5.75 Å². The molecule has 3 aromatic carbocycles. The molecule has 0 radical (unpaired) electrons. The number of hydrogen-bond acceptors (Lipinski definition) is 6. The van der Waals surface area contributed by atoms with Crippen LogP contribution in [0.4, 0.5) is 24.5 Å². The topological polar surface area (TPSA) is 126 Å². The predicted octanol–water partition coefficient (Wildman–Crippen LogP) is 3.47. The number of carbonyl (C=O) groups is 1. The molecule has 0 aromatic heterocycles. The first kappa shape index (κ1) is 26.1. The summed E-state index contributed by atoms with van der Waals surface area (Å²) in [5.74, 6) is -1.13. The van der Waals surface area contributed by atoms with Crippen molar-refractivity contribution in [1.82, 2.24) is 5.43 Å². The SMILES string of the molecule is NS(=O)(=O)c1ccccc1NC(=S)NN=C1C(=O)N(Cc2ccccc2)c2ccc(OC(F)(F)F)cc21. The van der Waals surface area contributed by atoms with Gasteiger partial charge in [-0.05, 0) is 48.1 Å². The fraction of sp³-hybridized carbons (Fsp3) is 0.0870. The molecule has 192 valence electrons. The number of fused-ring (bicyclic) bond motifs is 1. The number of anilines is 2. The van der Waals surface area contributed by atoms with Crippen molar-refractivity contribution in [3.63, 3.8) is 0 Å². The molecular weight excluding hydrogens is 531 g/mol. The third kappa shape index (κ3) is 6.22. The number of ether oxygens (including phenoxy) is 1. The van der Waals surface area contributed by atoms with Crippen LogP contribution >= 0.6 is 12.2 Å². The van der Waals surface area contributed by atoms with Crippen molar-refractivity contribution in [3.8, 4) is 5.75 Å². The van der Waals surface area contributed by atoms with E-state index >= 15 is 0 Å². The summed E-state index contributed by atoms with van der Waals surface area (Å²) in [6, 6.07) is 18.2. The number of carbonyl (C=O) groups excluding carboxylic acids is 1. The van der Waals surface area contributed by atoms with Crippen LogP contribution in [0.3, 0.4) is 0 Å². The number of nitrogens with two attached hydrogens (primary N) is 1. The number of amides is 1. The van der Waals surface area contributed by atoms with Crippen LogP contribution in [0.2, 0.25) is 0 Å². The molecule has 4 N–H and O–H groups in total. The Morgan fingerprint density at radius 1 is 1.05 bits per heavy atom. The normalized spacial score (nSPS) is 14.4. The Morgan fingerprint density at radius 2 is 1.73 bits per heavy atom. The van der Waals surface area contributed by atoms with Gasteiger partial charge in [0.25, 0.3) is 5.91 Å². The van der Waals surface area contributed by atoms with Gasteiger partial charge < -0.3 is 15.0 Å². The van der Waals surface area contributed by atoms with E-state index in [-0.39, 0.29) is 33.5 Å². The van der Waals surface area contributed by atoms with E-state index < -0.39 is 28.0 Å². The highest BCUT2D eigenvalue weighted by molar-refractivity contribution is 7.89. The van der Waals surface area contributed by atoms with Crippen molar-refractivity contribution in [2.45, 2.75) is 17.8 Å². The molecule has 0 aliphatic carbocycles.